The molecule has 7 heteroatoms. The van der Waals surface area contributed by atoms with E-state index in [-0.39, 0.29) is 17.8 Å². The zero-order valence-corrected chi connectivity index (χ0v) is 18.1. The van der Waals surface area contributed by atoms with E-state index in [4.69, 9.17) is 9.97 Å². The van der Waals surface area contributed by atoms with Crippen molar-refractivity contribution in [1.82, 2.24) is 20.2 Å². The third kappa shape index (κ3) is 3.49. The molecular weight excluding hydrogens is 393 g/mol. The van der Waals surface area contributed by atoms with Crippen LogP contribution in [-0.4, -0.2) is 40.9 Å². The van der Waals surface area contributed by atoms with Crippen LogP contribution >= 0.6 is 0 Å². The lowest BCUT2D eigenvalue weighted by Crippen LogP contribution is -2.45. The molecular formula is C24H30FN5O. The molecule has 0 radical (unpaired) electrons. The van der Waals surface area contributed by atoms with Crippen molar-refractivity contribution in [2.75, 3.05) is 25.5 Å². The third-order valence-corrected chi connectivity index (χ3v) is 7.24. The second-order valence-corrected chi connectivity index (χ2v) is 8.99. The standard InChI is InChI=1S/C24H30FN5O/c1-26-21-18-15-27-12-9-19(18)28-22(29-21)20-8-5-13-30(20)23(31)24(10-2-3-11-24)16-6-4-7-17(25)14-16/h4,6-7,14,20,27H,2-3,5,8-13,15H2,1H3,(H,26,28,29)/t20-/m1/s1. The number of fused-ring (bicyclic) bond motifs is 1. The molecule has 1 saturated heterocycles. The topological polar surface area (TPSA) is 70.2 Å². The largest absolute Gasteiger partial charge is 0.373 e. The van der Waals surface area contributed by atoms with Gasteiger partial charge in [0.2, 0.25) is 5.91 Å². The van der Waals surface area contributed by atoms with Crippen LogP contribution in [0.3, 0.4) is 0 Å². The number of likely N-dealkylation sites (tertiary alicyclic amines) is 1. The maximum absolute atomic E-state index is 14.1. The van der Waals surface area contributed by atoms with Crippen molar-refractivity contribution in [2.24, 2.45) is 0 Å². The van der Waals surface area contributed by atoms with Crippen molar-refractivity contribution in [2.45, 2.75) is 62.9 Å². The smallest absolute Gasteiger partial charge is 0.233 e. The molecule has 2 aliphatic heterocycles. The lowest BCUT2D eigenvalue weighted by Gasteiger charge is -2.36. The summed E-state index contributed by atoms with van der Waals surface area (Å²) < 4.78 is 14.1. The van der Waals surface area contributed by atoms with Crippen molar-refractivity contribution in [3.63, 3.8) is 0 Å². The maximum atomic E-state index is 14.1. The predicted molar refractivity (Wildman–Crippen MR) is 117 cm³/mol. The first-order valence-corrected chi connectivity index (χ1v) is 11.5. The molecule has 0 bridgehead atoms. The summed E-state index contributed by atoms with van der Waals surface area (Å²) in [4.78, 5) is 25.8. The van der Waals surface area contributed by atoms with Crippen LogP contribution in [0.2, 0.25) is 0 Å². The summed E-state index contributed by atoms with van der Waals surface area (Å²) in [7, 11) is 1.88. The molecule has 1 aromatic carbocycles. The Morgan fingerprint density at radius 1 is 1.26 bits per heavy atom. The Balaban J connectivity index is 1.51. The van der Waals surface area contributed by atoms with Gasteiger partial charge < -0.3 is 15.5 Å². The second kappa shape index (κ2) is 8.19. The third-order valence-electron chi connectivity index (χ3n) is 7.24. The highest BCUT2D eigenvalue weighted by molar-refractivity contribution is 5.89. The fourth-order valence-corrected chi connectivity index (χ4v) is 5.66. The van der Waals surface area contributed by atoms with Crippen LogP contribution in [0.1, 0.15) is 67.2 Å². The van der Waals surface area contributed by atoms with Gasteiger partial charge in [0.25, 0.3) is 0 Å². The first-order valence-electron chi connectivity index (χ1n) is 11.5. The van der Waals surface area contributed by atoms with E-state index in [1.807, 2.05) is 18.0 Å². The molecule has 2 N–H and O–H groups in total. The van der Waals surface area contributed by atoms with Gasteiger partial charge in [-0.1, -0.05) is 25.0 Å². The molecule has 3 heterocycles. The Hall–Kier alpha value is -2.54. The number of halogens is 1. The van der Waals surface area contributed by atoms with E-state index < -0.39 is 5.41 Å². The van der Waals surface area contributed by atoms with E-state index in [1.165, 1.54) is 6.07 Å². The Bertz CT molecular complexity index is 971. The van der Waals surface area contributed by atoms with E-state index in [0.717, 1.165) is 86.5 Å². The van der Waals surface area contributed by atoms with E-state index in [2.05, 4.69) is 10.6 Å². The van der Waals surface area contributed by atoms with E-state index in [0.29, 0.717) is 6.54 Å². The lowest BCUT2D eigenvalue weighted by atomic mass is 9.77. The lowest BCUT2D eigenvalue weighted by molar-refractivity contribution is -0.138. The summed E-state index contributed by atoms with van der Waals surface area (Å²) in [5.41, 5.74) is 2.39. The van der Waals surface area contributed by atoms with Gasteiger partial charge in [-0.25, -0.2) is 14.4 Å². The number of nitrogens with one attached hydrogen (secondary N) is 2. The summed E-state index contributed by atoms with van der Waals surface area (Å²) in [6.45, 7) is 2.38. The highest BCUT2D eigenvalue weighted by Crippen LogP contribution is 2.45. The first kappa shape index (κ1) is 20.4. The van der Waals surface area contributed by atoms with Crippen LogP contribution < -0.4 is 10.6 Å². The van der Waals surface area contributed by atoms with Crippen LogP contribution in [0.5, 0.6) is 0 Å². The van der Waals surface area contributed by atoms with Gasteiger partial charge in [0, 0.05) is 38.7 Å². The summed E-state index contributed by atoms with van der Waals surface area (Å²) in [6.07, 6.45) is 6.21. The van der Waals surface area contributed by atoms with Gasteiger partial charge >= 0.3 is 0 Å². The quantitative estimate of drug-likeness (QED) is 0.788. The molecule has 1 amide bonds. The molecule has 2 fully saturated rings. The predicted octanol–water partition coefficient (Wildman–Crippen LogP) is 3.48. The van der Waals surface area contributed by atoms with Crippen LogP contribution in [0.15, 0.2) is 24.3 Å². The zero-order chi connectivity index (χ0) is 21.4. The van der Waals surface area contributed by atoms with Gasteiger partial charge in [0.15, 0.2) is 5.82 Å². The summed E-state index contributed by atoms with van der Waals surface area (Å²) in [5, 5.41) is 6.60. The van der Waals surface area contributed by atoms with E-state index >= 15 is 0 Å². The van der Waals surface area contributed by atoms with Crippen LogP contribution in [0, 0.1) is 5.82 Å². The molecule has 1 atom stereocenters. The number of hydrogen-bond acceptors (Lipinski definition) is 5. The number of carbonyl (C=O) groups is 1. The van der Waals surface area contributed by atoms with Crippen molar-refractivity contribution in [1.29, 1.82) is 0 Å². The molecule has 1 aromatic heterocycles. The fraction of sp³-hybridized carbons (Fsp3) is 0.542. The second-order valence-electron chi connectivity index (χ2n) is 8.99. The summed E-state index contributed by atoms with van der Waals surface area (Å²) >= 11 is 0. The van der Waals surface area contributed by atoms with E-state index in [9.17, 15) is 9.18 Å². The van der Waals surface area contributed by atoms with Crippen LogP contribution in [0.4, 0.5) is 10.2 Å². The Kier molecular flexibility index (Phi) is 5.38. The number of nitrogens with zero attached hydrogens (tertiary/aromatic N) is 3. The summed E-state index contributed by atoms with van der Waals surface area (Å²) in [5.74, 6) is 1.43. The molecule has 1 aliphatic carbocycles. The molecule has 0 unspecified atom stereocenters. The van der Waals surface area contributed by atoms with Crippen LogP contribution in [-0.2, 0) is 23.2 Å². The molecule has 5 rings (SSSR count). The molecule has 0 spiro atoms. The van der Waals surface area contributed by atoms with Gasteiger partial charge in [-0.3, -0.25) is 4.79 Å². The number of benzene rings is 1. The van der Waals surface area contributed by atoms with Gasteiger partial charge in [-0.15, -0.1) is 0 Å². The number of aromatic nitrogens is 2. The fourth-order valence-electron chi connectivity index (χ4n) is 5.66. The maximum Gasteiger partial charge on any atom is 0.233 e. The number of carbonyl (C=O) groups excluding carboxylic acids is 1. The van der Waals surface area contributed by atoms with Gasteiger partial charge in [-0.05, 0) is 43.4 Å². The average molecular weight is 424 g/mol. The van der Waals surface area contributed by atoms with Gasteiger partial charge in [0.05, 0.1) is 17.2 Å². The van der Waals surface area contributed by atoms with E-state index in [1.54, 1.807) is 12.1 Å². The molecule has 164 valence electrons. The Morgan fingerprint density at radius 3 is 2.87 bits per heavy atom. The SMILES string of the molecule is CNc1nc([C@H]2CCCN2C(=O)C2(c3cccc(F)c3)CCCC2)nc2c1CNCC2. The normalized spacial score (nSPS) is 22.4. The van der Waals surface area contributed by atoms with Crippen molar-refractivity contribution in [3.8, 4) is 0 Å². The minimum absolute atomic E-state index is 0.118. The summed E-state index contributed by atoms with van der Waals surface area (Å²) in [6, 6.07) is 6.52. The van der Waals surface area contributed by atoms with Gasteiger partial charge in [0.1, 0.15) is 11.6 Å². The monoisotopic (exact) mass is 423 g/mol. The first-order chi connectivity index (χ1) is 15.1. The molecule has 6 nitrogen and oxygen atoms in total. The molecule has 31 heavy (non-hydrogen) atoms. The average Bonchev–Trinajstić information content (AvgIpc) is 3.48. The number of hydrogen-bond donors (Lipinski definition) is 2. The molecule has 2 aromatic rings. The Morgan fingerprint density at radius 2 is 2.10 bits per heavy atom. The minimum Gasteiger partial charge on any atom is -0.373 e. The van der Waals surface area contributed by atoms with Crippen molar-refractivity contribution in [3.05, 3.63) is 52.7 Å². The Labute approximate surface area is 182 Å². The van der Waals surface area contributed by atoms with Crippen molar-refractivity contribution < 1.29 is 9.18 Å². The molecule has 3 aliphatic rings. The van der Waals surface area contributed by atoms with Crippen molar-refractivity contribution >= 4 is 11.7 Å². The van der Waals surface area contributed by atoms with Crippen LogP contribution in [0.25, 0.3) is 0 Å². The van der Waals surface area contributed by atoms with Gasteiger partial charge in [-0.2, -0.15) is 0 Å². The minimum atomic E-state index is -0.630. The highest BCUT2D eigenvalue weighted by atomic mass is 19.1. The number of rotatable bonds is 4. The number of amides is 1. The number of anilines is 1. The zero-order valence-electron chi connectivity index (χ0n) is 18.1. The molecule has 1 saturated carbocycles. The highest BCUT2D eigenvalue weighted by Gasteiger charge is 2.48.